The summed E-state index contributed by atoms with van der Waals surface area (Å²) in [4.78, 5) is 17.9. The van der Waals surface area contributed by atoms with Crippen LogP contribution in [-0.2, 0) is 16.8 Å². The van der Waals surface area contributed by atoms with Crippen molar-refractivity contribution in [1.82, 2.24) is 9.55 Å². The normalized spacial score (nSPS) is 11.5. The molecule has 0 unspecified atom stereocenters. The maximum atomic E-state index is 13.1. The van der Waals surface area contributed by atoms with Gasteiger partial charge in [0.05, 0.1) is 23.8 Å². The van der Waals surface area contributed by atoms with Gasteiger partial charge in [0.25, 0.3) is 0 Å². The number of ether oxygens (including phenoxy) is 1. The molecule has 1 N–H and O–H groups in total. The molecule has 4 aromatic rings. The highest BCUT2D eigenvalue weighted by molar-refractivity contribution is 5.94. The highest BCUT2D eigenvalue weighted by Crippen LogP contribution is 2.29. The first-order chi connectivity index (χ1) is 15.3. The summed E-state index contributed by atoms with van der Waals surface area (Å²) in [5.74, 6) is 1.28. The van der Waals surface area contributed by atoms with Crippen LogP contribution >= 0.6 is 0 Å². The monoisotopic (exact) mass is 427 g/mol. The van der Waals surface area contributed by atoms with Gasteiger partial charge in [0.15, 0.2) is 0 Å². The molecule has 5 heteroatoms. The van der Waals surface area contributed by atoms with E-state index in [0.717, 1.165) is 28.0 Å². The van der Waals surface area contributed by atoms with E-state index in [4.69, 9.17) is 9.72 Å². The predicted molar refractivity (Wildman–Crippen MR) is 130 cm³/mol. The number of aromatic nitrogens is 2. The van der Waals surface area contributed by atoms with E-state index in [1.165, 1.54) is 5.56 Å². The fourth-order valence-electron chi connectivity index (χ4n) is 3.83. The van der Waals surface area contributed by atoms with Crippen molar-refractivity contribution >= 4 is 22.6 Å². The number of carbonyl (C=O) groups is 1. The zero-order valence-electron chi connectivity index (χ0n) is 19.3. The molecule has 1 aromatic heterocycles. The maximum Gasteiger partial charge on any atom is 0.244 e. The Balaban J connectivity index is 1.69. The SMILES string of the molecule is COc1ccc(C)cc1NC(=O)Cn1c(-c2ccc(C(C)(C)C)cc2)nc2ccccc21. The number of nitrogens with zero attached hydrogens (tertiary/aromatic N) is 2. The first-order valence-corrected chi connectivity index (χ1v) is 10.8. The molecule has 5 nitrogen and oxygen atoms in total. The summed E-state index contributed by atoms with van der Waals surface area (Å²) < 4.78 is 7.38. The highest BCUT2D eigenvalue weighted by Gasteiger charge is 2.18. The van der Waals surface area contributed by atoms with Crippen molar-refractivity contribution in [2.45, 2.75) is 39.7 Å². The van der Waals surface area contributed by atoms with Gasteiger partial charge in [-0.1, -0.05) is 63.2 Å². The fraction of sp³-hybridized carbons (Fsp3) is 0.259. The summed E-state index contributed by atoms with van der Waals surface area (Å²) >= 11 is 0. The summed E-state index contributed by atoms with van der Waals surface area (Å²) in [6.45, 7) is 8.72. The Kier molecular flexibility index (Phi) is 5.74. The van der Waals surface area contributed by atoms with Crippen molar-refractivity contribution in [3.8, 4) is 17.1 Å². The molecule has 0 aliphatic carbocycles. The zero-order chi connectivity index (χ0) is 22.9. The summed E-state index contributed by atoms with van der Waals surface area (Å²) in [6.07, 6.45) is 0. The molecule has 1 heterocycles. The number of amides is 1. The summed E-state index contributed by atoms with van der Waals surface area (Å²) in [5.41, 5.74) is 5.82. The number of fused-ring (bicyclic) bond motifs is 1. The van der Waals surface area contributed by atoms with Gasteiger partial charge in [-0.2, -0.15) is 0 Å². The molecule has 0 radical (unpaired) electrons. The fourth-order valence-corrected chi connectivity index (χ4v) is 3.83. The minimum Gasteiger partial charge on any atom is -0.495 e. The third-order valence-corrected chi connectivity index (χ3v) is 5.59. The van der Waals surface area contributed by atoms with Crippen molar-refractivity contribution in [2.75, 3.05) is 12.4 Å². The molecule has 164 valence electrons. The van der Waals surface area contributed by atoms with Crippen LogP contribution < -0.4 is 10.1 Å². The average molecular weight is 428 g/mol. The number of benzene rings is 3. The Bertz CT molecular complexity index is 1260. The standard InChI is InChI=1S/C27H29N3O2/c1-18-10-15-24(32-5)22(16-18)28-25(31)17-30-23-9-7-6-8-21(23)29-26(30)19-11-13-20(14-12-19)27(2,3)4/h6-16H,17H2,1-5H3,(H,28,31). The van der Waals surface area contributed by atoms with Crippen molar-refractivity contribution in [2.24, 2.45) is 0 Å². The van der Waals surface area contributed by atoms with E-state index in [2.05, 4.69) is 50.4 Å². The van der Waals surface area contributed by atoms with Crippen molar-refractivity contribution in [3.05, 3.63) is 77.9 Å². The first kappa shape index (κ1) is 21.6. The molecule has 32 heavy (non-hydrogen) atoms. The molecule has 3 aromatic carbocycles. The minimum absolute atomic E-state index is 0.0748. The lowest BCUT2D eigenvalue weighted by Crippen LogP contribution is -2.20. The molecule has 0 aliphatic rings. The number of para-hydroxylation sites is 2. The van der Waals surface area contributed by atoms with Crippen LogP contribution in [0.5, 0.6) is 5.75 Å². The largest absolute Gasteiger partial charge is 0.495 e. The van der Waals surface area contributed by atoms with Crippen molar-refractivity contribution in [3.63, 3.8) is 0 Å². The lowest BCUT2D eigenvalue weighted by Gasteiger charge is -2.19. The molecular weight excluding hydrogens is 398 g/mol. The summed E-state index contributed by atoms with van der Waals surface area (Å²) in [7, 11) is 1.60. The molecule has 0 saturated carbocycles. The predicted octanol–water partition coefficient (Wildman–Crippen LogP) is 5.96. The van der Waals surface area contributed by atoms with Crippen molar-refractivity contribution in [1.29, 1.82) is 0 Å². The Hall–Kier alpha value is -3.60. The Morgan fingerprint density at radius 2 is 1.75 bits per heavy atom. The second-order valence-corrected chi connectivity index (χ2v) is 9.09. The summed E-state index contributed by atoms with van der Waals surface area (Å²) in [6, 6.07) is 22.1. The number of carbonyl (C=O) groups excluding carboxylic acids is 1. The van der Waals surface area contributed by atoms with E-state index in [1.54, 1.807) is 7.11 Å². The van der Waals surface area contributed by atoms with Crippen LogP contribution in [0.2, 0.25) is 0 Å². The zero-order valence-corrected chi connectivity index (χ0v) is 19.3. The van der Waals surface area contributed by atoms with Crippen LogP contribution in [0.4, 0.5) is 5.69 Å². The molecular formula is C27H29N3O2. The smallest absolute Gasteiger partial charge is 0.244 e. The van der Waals surface area contributed by atoms with Gasteiger partial charge in [-0.15, -0.1) is 0 Å². The molecule has 0 atom stereocenters. The van der Waals surface area contributed by atoms with Gasteiger partial charge in [0, 0.05) is 5.56 Å². The third-order valence-electron chi connectivity index (χ3n) is 5.59. The maximum absolute atomic E-state index is 13.1. The van der Waals surface area contributed by atoms with Crippen LogP contribution in [0.1, 0.15) is 31.9 Å². The molecule has 0 spiro atoms. The lowest BCUT2D eigenvalue weighted by atomic mass is 9.87. The van der Waals surface area contributed by atoms with E-state index < -0.39 is 0 Å². The summed E-state index contributed by atoms with van der Waals surface area (Å²) in [5, 5.41) is 3.00. The van der Waals surface area contributed by atoms with Crippen LogP contribution in [0, 0.1) is 6.92 Å². The molecule has 1 amide bonds. The number of nitrogens with one attached hydrogen (secondary N) is 1. The highest BCUT2D eigenvalue weighted by atomic mass is 16.5. The topological polar surface area (TPSA) is 56.1 Å². The van der Waals surface area contributed by atoms with Gasteiger partial charge >= 0.3 is 0 Å². The van der Waals surface area contributed by atoms with Crippen LogP contribution in [0.3, 0.4) is 0 Å². The van der Waals surface area contributed by atoms with Gasteiger partial charge in [-0.3, -0.25) is 4.79 Å². The lowest BCUT2D eigenvalue weighted by molar-refractivity contribution is -0.116. The van der Waals surface area contributed by atoms with Crippen molar-refractivity contribution < 1.29 is 9.53 Å². The van der Waals surface area contributed by atoms with Gasteiger partial charge in [0.2, 0.25) is 5.91 Å². The molecule has 4 rings (SSSR count). The molecule has 0 bridgehead atoms. The second kappa shape index (κ2) is 8.50. The molecule has 0 aliphatic heterocycles. The molecule has 0 saturated heterocycles. The Labute approximate surface area is 189 Å². The number of anilines is 1. The molecule has 0 fully saturated rings. The van der Waals surface area contributed by atoms with Crippen LogP contribution in [0.25, 0.3) is 22.4 Å². The van der Waals surface area contributed by atoms with Gasteiger partial charge in [0.1, 0.15) is 18.1 Å². The number of methoxy groups -OCH3 is 1. The van der Waals surface area contributed by atoms with Crippen LogP contribution in [0.15, 0.2) is 66.7 Å². The first-order valence-electron chi connectivity index (χ1n) is 10.8. The Morgan fingerprint density at radius 3 is 2.44 bits per heavy atom. The minimum atomic E-state index is -0.135. The number of aryl methyl sites for hydroxylation is 1. The number of hydrogen-bond donors (Lipinski definition) is 1. The second-order valence-electron chi connectivity index (χ2n) is 9.09. The number of rotatable bonds is 5. The quantitative estimate of drug-likeness (QED) is 0.428. The Morgan fingerprint density at radius 1 is 1.03 bits per heavy atom. The third kappa shape index (κ3) is 4.37. The van der Waals surface area contributed by atoms with Crippen LogP contribution in [-0.4, -0.2) is 22.6 Å². The van der Waals surface area contributed by atoms with Gasteiger partial charge < -0.3 is 14.6 Å². The number of hydrogen-bond acceptors (Lipinski definition) is 3. The van der Waals surface area contributed by atoms with Gasteiger partial charge in [-0.05, 0) is 47.7 Å². The van der Waals surface area contributed by atoms with E-state index >= 15 is 0 Å². The average Bonchev–Trinajstić information content (AvgIpc) is 3.12. The van der Waals surface area contributed by atoms with E-state index in [0.29, 0.717) is 11.4 Å². The van der Waals surface area contributed by atoms with Gasteiger partial charge in [-0.25, -0.2) is 4.98 Å². The number of imidazole rings is 1. The van der Waals surface area contributed by atoms with E-state index in [9.17, 15) is 4.79 Å². The van der Waals surface area contributed by atoms with E-state index in [-0.39, 0.29) is 17.9 Å². The van der Waals surface area contributed by atoms with E-state index in [1.807, 2.05) is 54.0 Å².